The Morgan fingerprint density at radius 1 is 1.50 bits per heavy atom. The number of aromatic nitrogens is 4. The van der Waals surface area contributed by atoms with Crippen molar-refractivity contribution in [3.05, 3.63) is 6.33 Å². The second-order valence-corrected chi connectivity index (χ2v) is 3.02. The van der Waals surface area contributed by atoms with Crippen molar-refractivity contribution >= 4 is 22.9 Å². The largest absolute Gasteiger partial charge is 0.382 e. The number of nitrogens with two attached hydrogens (primary N) is 1. The molecule has 0 aliphatic rings. The Kier molecular flexibility index (Phi) is 1.95. The maximum Gasteiger partial charge on any atom is 0.229 e. The van der Waals surface area contributed by atoms with Crippen LogP contribution in [-0.2, 0) is 0 Å². The van der Waals surface area contributed by atoms with Crippen molar-refractivity contribution < 1.29 is 0 Å². The Balaban J connectivity index is 2.58. The molecular weight excluding hydrogens is 180 g/mol. The van der Waals surface area contributed by atoms with Crippen LogP contribution >= 0.6 is 0 Å². The summed E-state index contributed by atoms with van der Waals surface area (Å²) in [5.41, 5.74) is 7.04. The van der Waals surface area contributed by atoms with Gasteiger partial charge in [0.25, 0.3) is 0 Å². The highest BCUT2D eigenvalue weighted by atomic mass is 15.2. The third-order valence-electron chi connectivity index (χ3n) is 2.12. The molecule has 2 aromatic rings. The van der Waals surface area contributed by atoms with Gasteiger partial charge >= 0.3 is 0 Å². The Bertz CT molecular complexity index is 448. The van der Waals surface area contributed by atoms with Gasteiger partial charge in [0, 0.05) is 13.6 Å². The minimum atomic E-state index is 0.433. The molecule has 0 saturated heterocycles. The maximum absolute atomic E-state index is 5.74. The van der Waals surface area contributed by atoms with E-state index in [2.05, 4.69) is 19.9 Å². The van der Waals surface area contributed by atoms with Gasteiger partial charge in [-0.05, 0) is 6.92 Å². The molecule has 74 valence electrons. The number of aromatic amines is 1. The Hall–Kier alpha value is -1.85. The number of fused-ring (bicyclic) bond motifs is 1. The topological polar surface area (TPSA) is 83.7 Å². The molecule has 0 spiro atoms. The predicted octanol–water partition coefficient (Wildman–Crippen LogP) is 0.391. The summed E-state index contributed by atoms with van der Waals surface area (Å²) in [6.45, 7) is 2.85. The molecular formula is C8H12N6. The van der Waals surface area contributed by atoms with E-state index in [1.54, 1.807) is 6.33 Å². The molecule has 14 heavy (non-hydrogen) atoms. The number of anilines is 2. The molecule has 3 N–H and O–H groups in total. The van der Waals surface area contributed by atoms with Crippen molar-refractivity contribution in [3.8, 4) is 0 Å². The molecule has 0 aliphatic heterocycles. The highest BCUT2D eigenvalue weighted by molar-refractivity contribution is 5.82. The van der Waals surface area contributed by atoms with Crippen molar-refractivity contribution in [3.63, 3.8) is 0 Å². The summed E-state index contributed by atoms with van der Waals surface area (Å²) in [4.78, 5) is 17.3. The van der Waals surface area contributed by atoms with Crippen molar-refractivity contribution in [1.82, 2.24) is 19.9 Å². The molecule has 0 amide bonds. The van der Waals surface area contributed by atoms with Crippen LogP contribution < -0.4 is 10.6 Å². The van der Waals surface area contributed by atoms with Crippen LogP contribution in [0.1, 0.15) is 6.92 Å². The van der Waals surface area contributed by atoms with Crippen LogP contribution in [-0.4, -0.2) is 33.5 Å². The Morgan fingerprint density at radius 2 is 2.29 bits per heavy atom. The lowest BCUT2D eigenvalue weighted by molar-refractivity contribution is 0.910. The Labute approximate surface area is 81.2 Å². The van der Waals surface area contributed by atoms with E-state index in [0.717, 1.165) is 6.54 Å². The quantitative estimate of drug-likeness (QED) is 0.719. The number of nitrogens with one attached hydrogen (secondary N) is 1. The highest BCUT2D eigenvalue weighted by Gasteiger charge is 2.08. The maximum atomic E-state index is 5.74. The summed E-state index contributed by atoms with van der Waals surface area (Å²) in [5, 5.41) is 0. The van der Waals surface area contributed by atoms with Crippen molar-refractivity contribution in [1.29, 1.82) is 0 Å². The molecule has 6 nitrogen and oxygen atoms in total. The summed E-state index contributed by atoms with van der Waals surface area (Å²) in [5.74, 6) is 1.03. The molecule has 2 rings (SSSR count). The van der Waals surface area contributed by atoms with Crippen LogP contribution in [0.2, 0.25) is 0 Å². The first kappa shape index (κ1) is 8.74. The lowest BCUT2D eigenvalue weighted by Crippen LogP contribution is -2.19. The van der Waals surface area contributed by atoms with Crippen LogP contribution in [0.25, 0.3) is 11.2 Å². The number of hydrogen-bond acceptors (Lipinski definition) is 5. The first-order valence-electron chi connectivity index (χ1n) is 4.40. The number of H-pyrrole nitrogens is 1. The molecule has 2 aromatic heterocycles. The molecule has 0 radical (unpaired) electrons. The van der Waals surface area contributed by atoms with E-state index in [1.807, 2.05) is 18.9 Å². The van der Waals surface area contributed by atoms with Gasteiger partial charge in [-0.3, -0.25) is 0 Å². The lowest BCUT2D eigenvalue weighted by atomic mass is 10.5. The van der Waals surface area contributed by atoms with Gasteiger partial charge in [0.15, 0.2) is 11.5 Å². The van der Waals surface area contributed by atoms with Crippen molar-refractivity contribution in [2.45, 2.75) is 6.92 Å². The van der Waals surface area contributed by atoms with E-state index in [0.29, 0.717) is 22.9 Å². The second-order valence-electron chi connectivity index (χ2n) is 3.02. The number of nitrogen functional groups attached to an aromatic ring is 1. The molecule has 0 aromatic carbocycles. The molecule has 0 aliphatic carbocycles. The fourth-order valence-corrected chi connectivity index (χ4v) is 1.16. The summed E-state index contributed by atoms with van der Waals surface area (Å²) in [7, 11) is 1.91. The molecule has 0 saturated carbocycles. The zero-order valence-corrected chi connectivity index (χ0v) is 8.15. The standard InChI is InChI=1S/C8H12N6/c1-3-14(2)8-12-6(9)5-7(13-8)11-4-10-5/h4H,3H2,1-2H3,(H3,9,10,11,12,13). The normalized spacial score (nSPS) is 10.7. The molecule has 0 unspecified atom stereocenters. The van der Waals surface area contributed by atoms with E-state index in [4.69, 9.17) is 5.73 Å². The fraction of sp³-hybridized carbons (Fsp3) is 0.375. The predicted molar refractivity (Wildman–Crippen MR) is 55.0 cm³/mol. The van der Waals surface area contributed by atoms with Crippen molar-refractivity contribution in [2.75, 3.05) is 24.2 Å². The van der Waals surface area contributed by atoms with Crippen LogP contribution in [0, 0.1) is 0 Å². The van der Waals surface area contributed by atoms with Gasteiger partial charge < -0.3 is 15.6 Å². The zero-order chi connectivity index (χ0) is 10.1. The number of rotatable bonds is 2. The molecule has 6 heteroatoms. The monoisotopic (exact) mass is 192 g/mol. The van der Waals surface area contributed by atoms with Crippen LogP contribution in [0.3, 0.4) is 0 Å². The van der Waals surface area contributed by atoms with E-state index in [-0.39, 0.29) is 0 Å². The smallest absolute Gasteiger partial charge is 0.229 e. The molecule has 2 heterocycles. The van der Waals surface area contributed by atoms with Gasteiger partial charge in [0.2, 0.25) is 5.95 Å². The number of imidazole rings is 1. The molecule has 0 bridgehead atoms. The van der Waals surface area contributed by atoms with Crippen LogP contribution in [0.5, 0.6) is 0 Å². The van der Waals surface area contributed by atoms with Gasteiger partial charge in [-0.2, -0.15) is 9.97 Å². The van der Waals surface area contributed by atoms with Crippen LogP contribution in [0.4, 0.5) is 11.8 Å². The minimum Gasteiger partial charge on any atom is -0.382 e. The Morgan fingerprint density at radius 3 is 3.00 bits per heavy atom. The van der Waals surface area contributed by atoms with E-state index in [1.165, 1.54) is 0 Å². The van der Waals surface area contributed by atoms with E-state index < -0.39 is 0 Å². The van der Waals surface area contributed by atoms with Gasteiger partial charge in [0.1, 0.15) is 5.52 Å². The third-order valence-corrected chi connectivity index (χ3v) is 2.12. The molecule has 0 atom stereocenters. The number of nitrogens with zero attached hydrogens (tertiary/aromatic N) is 4. The van der Waals surface area contributed by atoms with Gasteiger partial charge in [0.05, 0.1) is 6.33 Å². The lowest BCUT2D eigenvalue weighted by Gasteiger charge is -2.13. The van der Waals surface area contributed by atoms with Crippen LogP contribution in [0.15, 0.2) is 6.33 Å². The fourth-order valence-electron chi connectivity index (χ4n) is 1.16. The van der Waals surface area contributed by atoms with Crippen molar-refractivity contribution in [2.24, 2.45) is 0 Å². The third kappa shape index (κ3) is 1.24. The summed E-state index contributed by atoms with van der Waals surface area (Å²) < 4.78 is 0. The summed E-state index contributed by atoms with van der Waals surface area (Å²) in [6, 6.07) is 0. The minimum absolute atomic E-state index is 0.433. The second kappa shape index (κ2) is 3.13. The first-order chi connectivity index (χ1) is 6.72. The average molecular weight is 192 g/mol. The average Bonchev–Trinajstić information content (AvgIpc) is 2.64. The molecule has 0 fully saturated rings. The van der Waals surface area contributed by atoms with Gasteiger partial charge in [-0.15, -0.1) is 0 Å². The van der Waals surface area contributed by atoms with E-state index >= 15 is 0 Å². The van der Waals surface area contributed by atoms with E-state index in [9.17, 15) is 0 Å². The summed E-state index contributed by atoms with van der Waals surface area (Å²) >= 11 is 0. The zero-order valence-electron chi connectivity index (χ0n) is 8.15. The SMILES string of the molecule is CCN(C)c1nc(N)c2[nH]cnc2n1. The summed E-state index contributed by atoms with van der Waals surface area (Å²) in [6.07, 6.45) is 1.56. The first-order valence-corrected chi connectivity index (χ1v) is 4.40. The highest BCUT2D eigenvalue weighted by Crippen LogP contribution is 2.16. The van der Waals surface area contributed by atoms with Gasteiger partial charge in [-0.1, -0.05) is 0 Å². The number of hydrogen-bond donors (Lipinski definition) is 2. The van der Waals surface area contributed by atoms with Gasteiger partial charge in [-0.25, -0.2) is 4.98 Å².